The van der Waals surface area contributed by atoms with E-state index in [0.717, 1.165) is 10.4 Å². The number of nitro benzene ring substituents is 1. The van der Waals surface area contributed by atoms with Crippen LogP contribution in [-0.4, -0.2) is 24.2 Å². The van der Waals surface area contributed by atoms with Crippen molar-refractivity contribution in [2.24, 2.45) is 0 Å². The molecule has 0 aliphatic rings. The van der Waals surface area contributed by atoms with E-state index in [1.165, 1.54) is 54.7 Å². The maximum absolute atomic E-state index is 12.8. The molecule has 166 valence electrons. The number of pyridine rings is 1. The highest BCUT2D eigenvalue weighted by atomic mass is 32.2. The average molecular weight is 466 g/mol. The Kier molecular flexibility index (Phi) is 5.83. The van der Waals surface area contributed by atoms with E-state index in [-0.39, 0.29) is 34.0 Å². The fraction of sp³-hybridized carbons (Fsp3) is 0. The van der Waals surface area contributed by atoms with Gasteiger partial charge in [0.15, 0.2) is 5.58 Å². The van der Waals surface area contributed by atoms with Gasteiger partial charge in [0.2, 0.25) is 10.9 Å². The minimum atomic E-state index is -3.27. The summed E-state index contributed by atoms with van der Waals surface area (Å²) in [6.07, 6.45) is 1.28. The largest absolute Gasteiger partial charge is 0.422 e. The highest BCUT2D eigenvalue weighted by Crippen LogP contribution is 2.29. The number of aromatic nitrogens is 1. The first-order chi connectivity index (χ1) is 15.8. The minimum Gasteiger partial charge on any atom is -0.422 e. The Bertz CT molecular complexity index is 1520. The second-order valence-corrected chi connectivity index (χ2v) is 7.54. The zero-order chi connectivity index (χ0) is 23.5. The fourth-order valence-corrected chi connectivity index (χ4v) is 3.72. The van der Waals surface area contributed by atoms with E-state index in [9.17, 15) is 28.1 Å². The number of carbonyl (C=O) groups is 1. The van der Waals surface area contributed by atoms with E-state index in [1.807, 2.05) is 0 Å². The van der Waals surface area contributed by atoms with Gasteiger partial charge in [-0.05, 0) is 24.3 Å². The molecule has 1 amide bonds. The minimum absolute atomic E-state index is 0.00659. The Hall–Kier alpha value is -4.58. The van der Waals surface area contributed by atoms with Gasteiger partial charge in [-0.25, -0.2) is 22.5 Å². The molecule has 4 rings (SSSR count). The number of non-ortho nitro benzene ring substituents is 1. The third-order valence-corrected chi connectivity index (χ3v) is 5.32. The molecule has 0 atom stereocenters. The third kappa shape index (κ3) is 4.55. The number of hydrogen-bond donors (Lipinski definition) is 2. The molecule has 0 unspecified atom stereocenters. The molecule has 2 heterocycles. The van der Waals surface area contributed by atoms with Crippen molar-refractivity contribution >= 4 is 50.6 Å². The van der Waals surface area contributed by atoms with E-state index in [1.54, 1.807) is 12.1 Å². The lowest BCUT2D eigenvalue weighted by Gasteiger charge is -2.17. The Morgan fingerprint density at radius 1 is 1.06 bits per heavy atom. The topological polar surface area (TPSA) is 153 Å². The molecule has 11 nitrogen and oxygen atoms in total. The summed E-state index contributed by atoms with van der Waals surface area (Å²) >= 11 is 0. The molecule has 0 aliphatic heterocycles. The van der Waals surface area contributed by atoms with Gasteiger partial charge in [0.25, 0.3) is 11.6 Å². The van der Waals surface area contributed by atoms with Crippen molar-refractivity contribution in [3.8, 4) is 0 Å². The molecule has 0 fully saturated rings. The molecule has 2 aromatic carbocycles. The second kappa shape index (κ2) is 8.88. The monoisotopic (exact) mass is 466 g/mol. The Balaban J connectivity index is 1.68. The first kappa shape index (κ1) is 21.6. The zero-order valence-electron chi connectivity index (χ0n) is 16.6. The van der Waals surface area contributed by atoms with Crippen molar-refractivity contribution in [1.82, 2.24) is 4.98 Å². The van der Waals surface area contributed by atoms with E-state index in [2.05, 4.69) is 10.3 Å². The smallest absolute Gasteiger partial charge is 0.336 e. The summed E-state index contributed by atoms with van der Waals surface area (Å²) in [4.78, 5) is 38.9. The first-order valence-electron chi connectivity index (χ1n) is 9.32. The van der Waals surface area contributed by atoms with Gasteiger partial charge >= 0.3 is 5.63 Å². The highest BCUT2D eigenvalue weighted by molar-refractivity contribution is 7.74. The maximum atomic E-state index is 12.8. The Morgan fingerprint density at radius 2 is 1.85 bits per heavy atom. The van der Waals surface area contributed by atoms with Crippen molar-refractivity contribution in [2.75, 3.05) is 9.62 Å². The van der Waals surface area contributed by atoms with Gasteiger partial charge in [0, 0.05) is 41.5 Å². The number of fused-ring (bicyclic) bond motifs is 1. The standard InChI is InChI=1S/C21H14N4O7S/c26-19-8-7-13-3-1-6-17(20(13)32-19)21(27)23-14-9-10-22-18(11-14)24(33(30)31)15-4-2-5-16(12-15)25(28)29/h1-12,33H,(H,22,23,27). The number of thiol groups is 1. The van der Waals surface area contributed by atoms with Crippen LogP contribution in [0, 0.1) is 10.1 Å². The molecule has 0 aliphatic carbocycles. The lowest BCUT2D eigenvalue weighted by Crippen LogP contribution is -2.17. The van der Waals surface area contributed by atoms with Gasteiger partial charge in [-0.1, -0.05) is 18.2 Å². The SMILES string of the molecule is O=C(Nc1ccnc(N(c2cccc([N+](=O)[O-])c2)[SH](=O)=O)c1)c1cccc2ccc(=O)oc12. The summed E-state index contributed by atoms with van der Waals surface area (Å²) in [7, 11) is -3.27. The molecule has 0 saturated heterocycles. The molecule has 2 aromatic heterocycles. The molecular weight excluding hydrogens is 452 g/mol. The maximum Gasteiger partial charge on any atom is 0.336 e. The summed E-state index contributed by atoms with van der Waals surface area (Å²) in [6.45, 7) is 0. The number of anilines is 3. The number of rotatable bonds is 6. The summed E-state index contributed by atoms with van der Waals surface area (Å²) < 4.78 is 29.8. The van der Waals surface area contributed by atoms with Crippen LogP contribution in [0.15, 0.2) is 82.1 Å². The number of amides is 1. The summed E-state index contributed by atoms with van der Waals surface area (Å²) in [5.41, 5.74) is -0.483. The van der Waals surface area contributed by atoms with Crippen LogP contribution in [0.25, 0.3) is 11.0 Å². The van der Waals surface area contributed by atoms with Gasteiger partial charge in [0.1, 0.15) is 5.82 Å². The Morgan fingerprint density at radius 3 is 2.61 bits per heavy atom. The number of nitro groups is 1. The molecule has 1 N–H and O–H groups in total. The predicted molar refractivity (Wildman–Crippen MR) is 120 cm³/mol. The van der Waals surface area contributed by atoms with E-state index in [4.69, 9.17) is 4.42 Å². The van der Waals surface area contributed by atoms with Gasteiger partial charge in [0.05, 0.1) is 16.2 Å². The van der Waals surface area contributed by atoms with Gasteiger partial charge in [-0.2, -0.15) is 0 Å². The third-order valence-electron chi connectivity index (χ3n) is 4.56. The molecule has 33 heavy (non-hydrogen) atoms. The van der Waals surface area contributed by atoms with Gasteiger partial charge < -0.3 is 9.73 Å². The Labute approximate surface area is 187 Å². The van der Waals surface area contributed by atoms with E-state index in [0.29, 0.717) is 5.39 Å². The molecule has 0 radical (unpaired) electrons. The van der Waals surface area contributed by atoms with Crippen LogP contribution in [-0.2, 0) is 10.9 Å². The van der Waals surface area contributed by atoms with Crippen molar-refractivity contribution in [3.05, 3.63) is 99.0 Å². The number of carbonyl (C=O) groups excluding carboxylic acids is 1. The van der Waals surface area contributed by atoms with Gasteiger partial charge in [-0.15, -0.1) is 0 Å². The summed E-state index contributed by atoms with van der Waals surface area (Å²) in [6, 6.07) is 15.3. The molecule has 4 aromatic rings. The predicted octanol–water partition coefficient (Wildman–Crippen LogP) is 3.01. The lowest BCUT2D eigenvalue weighted by molar-refractivity contribution is -0.384. The van der Waals surface area contributed by atoms with Crippen molar-refractivity contribution < 1.29 is 22.6 Å². The average Bonchev–Trinajstić information content (AvgIpc) is 2.79. The van der Waals surface area contributed by atoms with Gasteiger partial charge in [-0.3, -0.25) is 14.9 Å². The summed E-state index contributed by atoms with van der Waals surface area (Å²) in [5, 5.41) is 14.2. The molecule has 12 heteroatoms. The first-order valence-corrected chi connectivity index (χ1v) is 10.5. The van der Waals surface area contributed by atoms with Crippen molar-refractivity contribution in [2.45, 2.75) is 0 Å². The molecule has 0 bridgehead atoms. The number of nitrogens with one attached hydrogen (secondary N) is 1. The van der Waals surface area contributed by atoms with Crippen LogP contribution in [0.4, 0.5) is 22.9 Å². The lowest BCUT2D eigenvalue weighted by atomic mass is 10.1. The fourth-order valence-electron chi connectivity index (χ4n) is 3.13. The van der Waals surface area contributed by atoms with Crippen LogP contribution in [0.1, 0.15) is 10.4 Å². The van der Waals surface area contributed by atoms with Crippen molar-refractivity contribution in [3.63, 3.8) is 0 Å². The molecule has 0 saturated carbocycles. The normalized spacial score (nSPS) is 10.8. The molecular formula is C21H14N4O7S. The summed E-state index contributed by atoms with van der Waals surface area (Å²) in [5.74, 6) is -0.686. The van der Waals surface area contributed by atoms with Crippen LogP contribution < -0.4 is 15.2 Å². The second-order valence-electron chi connectivity index (χ2n) is 6.66. The van der Waals surface area contributed by atoms with Crippen LogP contribution in [0.3, 0.4) is 0 Å². The van der Waals surface area contributed by atoms with Crippen molar-refractivity contribution in [1.29, 1.82) is 0 Å². The van der Waals surface area contributed by atoms with Crippen LogP contribution >= 0.6 is 0 Å². The highest BCUT2D eigenvalue weighted by Gasteiger charge is 2.18. The number of hydrogen-bond acceptors (Lipinski definition) is 8. The van der Waals surface area contributed by atoms with E-state index < -0.39 is 27.3 Å². The number of para-hydroxylation sites is 1. The molecule has 0 spiro atoms. The number of benzene rings is 2. The van der Waals surface area contributed by atoms with Crippen LogP contribution in [0.2, 0.25) is 0 Å². The number of nitrogens with zero attached hydrogens (tertiary/aromatic N) is 3. The zero-order valence-corrected chi connectivity index (χ0v) is 17.5. The quantitative estimate of drug-likeness (QED) is 0.190. The van der Waals surface area contributed by atoms with Crippen LogP contribution in [0.5, 0.6) is 0 Å². The van der Waals surface area contributed by atoms with E-state index >= 15 is 0 Å².